The molecule has 0 fully saturated rings. The second-order valence-corrected chi connectivity index (χ2v) is 6.58. The van der Waals surface area contributed by atoms with Gasteiger partial charge in [0.25, 0.3) is 5.91 Å². The third-order valence-electron chi connectivity index (χ3n) is 3.62. The van der Waals surface area contributed by atoms with Crippen LogP contribution in [0, 0.1) is 6.92 Å². The molecule has 0 aliphatic carbocycles. The molecule has 6 heteroatoms. The minimum Gasteiger partial charge on any atom is -0.481 e. The van der Waals surface area contributed by atoms with Crippen molar-refractivity contribution in [1.29, 1.82) is 0 Å². The Balaban J connectivity index is 2.02. The maximum atomic E-state index is 12.2. The van der Waals surface area contributed by atoms with Gasteiger partial charge in [-0.05, 0) is 49.3 Å². The monoisotopic (exact) mass is 333 g/mol. The first kappa shape index (κ1) is 17.4. The summed E-state index contributed by atoms with van der Waals surface area (Å²) in [5, 5.41) is 9.51. The number of carbonyl (C=O) groups excluding carboxylic acids is 1. The Labute approximate surface area is 141 Å². The number of nitrogens with one attached hydrogen (secondary N) is 2. The smallest absolute Gasteiger partial charge is 0.266 e. The van der Waals surface area contributed by atoms with Gasteiger partial charge in [0.1, 0.15) is 11.6 Å². The lowest BCUT2D eigenvalue weighted by Gasteiger charge is -2.16. The first-order valence-electron chi connectivity index (χ1n) is 7.57. The lowest BCUT2D eigenvalue weighted by atomic mass is 9.98. The molecule has 1 amide bonds. The Hall–Kier alpha value is -1.95. The summed E-state index contributed by atoms with van der Waals surface area (Å²) in [5.74, 6) is 1.55. The summed E-state index contributed by atoms with van der Waals surface area (Å²) in [5.41, 5.74) is 2.46. The van der Waals surface area contributed by atoms with Crippen LogP contribution in [0.1, 0.15) is 37.8 Å². The fraction of sp³-hybridized carbons (Fsp3) is 0.412. The molecule has 5 nitrogen and oxygen atoms in total. The molecule has 23 heavy (non-hydrogen) atoms. The molecule has 2 aromatic rings. The summed E-state index contributed by atoms with van der Waals surface area (Å²) in [6.07, 6.45) is 3.01. The Morgan fingerprint density at radius 1 is 1.35 bits per heavy atom. The predicted molar refractivity (Wildman–Crippen MR) is 94.4 cm³/mol. The van der Waals surface area contributed by atoms with Gasteiger partial charge in [0.15, 0.2) is 6.10 Å². The van der Waals surface area contributed by atoms with Crippen molar-refractivity contribution in [2.45, 2.75) is 44.6 Å². The molecule has 1 unspecified atom stereocenters. The molecule has 2 N–H and O–H groups in total. The number of hydrogen-bond acceptors (Lipinski definition) is 4. The molecule has 0 saturated carbocycles. The van der Waals surface area contributed by atoms with Gasteiger partial charge in [-0.25, -0.2) is 0 Å². The van der Waals surface area contributed by atoms with Crippen LogP contribution >= 0.6 is 11.8 Å². The second-order valence-electron chi connectivity index (χ2n) is 5.74. The Kier molecular flexibility index (Phi) is 5.71. The normalized spacial score (nSPS) is 12.3. The third kappa shape index (κ3) is 4.28. The van der Waals surface area contributed by atoms with Gasteiger partial charge in [-0.3, -0.25) is 9.89 Å². The average molecular weight is 333 g/mol. The molecule has 2 rings (SSSR count). The maximum Gasteiger partial charge on any atom is 0.266 e. The molecule has 0 saturated heterocycles. The average Bonchev–Trinajstić information content (AvgIpc) is 2.94. The number of benzene rings is 1. The van der Waals surface area contributed by atoms with Crippen LogP contribution in [0.3, 0.4) is 0 Å². The zero-order chi connectivity index (χ0) is 17.0. The van der Waals surface area contributed by atoms with E-state index in [0.29, 0.717) is 17.5 Å². The molecule has 124 valence electrons. The zero-order valence-electron chi connectivity index (χ0n) is 14.1. The minimum absolute atomic E-state index is 0.213. The number of aryl methyl sites for hydroxylation is 1. The van der Waals surface area contributed by atoms with Crippen LogP contribution in [0.5, 0.6) is 5.75 Å². The van der Waals surface area contributed by atoms with Crippen molar-refractivity contribution in [2.75, 3.05) is 11.6 Å². The van der Waals surface area contributed by atoms with Crippen molar-refractivity contribution in [3.8, 4) is 5.75 Å². The largest absolute Gasteiger partial charge is 0.481 e. The molecule has 1 aromatic carbocycles. The highest BCUT2D eigenvalue weighted by molar-refractivity contribution is 7.98. The zero-order valence-corrected chi connectivity index (χ0v) is 15.0. The van der Waals surface area contributed by atoms with Gasteiger partial charge < -0.3 is 10.1 Å². The molecule has 0 spiro atoms. The van der Waals surface area contributed by atoms with Crippen LogP contribution < -0.4 is 10.1 Å². The van der Waals surface area contributed by atoms with Crippen LogP contribution in [-0.2, 0) is 4.79 Å². The number of rotatable bonds is 6. The number of ether oxygens (including phenoxy) is 1. The van der Waals surface area contributed by atoms with E-state index in [9.17, 15) is 4.79 Å². The van der Waals surface area contributed by atoms with Crippen molar-refractivity contribution in [3.63, 3.8) is 0 Å². The quantitative estimate of drug-likeness (QED) is 0.785. The van der Waals surface area contributed by atoms with Crippen LogP contribution in [0.15, 0.2) is 29.3 Å². The number of H-pyrrole nitrogens is 1. The van der Waals surface area contributed by atoms with Gasteiger partial charge in [0, 0.05) is 0 Å². The lowest BCUT2D eigenvalue weighted by Crippen LogP contribution is -2.30. The SMILES string of the molecule is CSc1cn[nH]c1NC(=O)C(C)Oc1ccc(C(C)C)c(C)c1. The first-order valence-corrected chi connectivity index (χ1v) is 8.80. The van der Waals surface area contributed by atoms with E-state index in [-0.39, 0.29) is 5.91 Å². The van der Waals surface area contributed by atoms with E-state index in [1.807, 2.05) is 18.4 Å². The van der Waals surface area contributed by atoms with Crippen molar-refractivity contribution in [2.24, 2.45) is 0 Å². The number of aromatic nitrogens is 2. The number of anilines is 1. The second kappa shape index (κ2) is 7.55. The first-order chi connectivity index (χ1) is 10.9. The van der Waals surface area contributed by atoms with Crippen molar-refractivity contribution < 1.29 is 9.53 Å². The molecule has 0 aliphatic heterocycles. The summed E-state index contributed by atoms with van der Waals surface area (Å²) in [6, 6.07) is 5.94. The third-order valence-corrected chi connectivity index (χ3v) is 4.37. The highest BCUT2D eigenvalue weighted by Gasteiger charge is 2.17. The molecule has 1 atom stereocenters. The van der Waals surface area contributed by atoms with Gasteiger partial charge in [-0.1, -0.05) is 19.9 Å². The van der Waals surface area contributed by atoms with E-state index >= 15 is 0 Å². The molecule has 0 aliphatic rings. The number of thioether (sulfide) groups is 1. The van der Waals surface area contributed by atoms with Crippen molar-refractivity contribution >= 4 is 23.5 Å². The molecular weight excluding hydrogens is 310 g/mol. The number of nitrogens with zero attached hydrogens (tertiary/aromatic N) is 1. The minimum atomic E-state index is -0.600. The van der Waals surface area contributed by atoms with Crippen molar-refractivity contribution in [1.82, 2.24) is 10.2 Å². The van der Waals surface area contributed by atoms with Crippen LogP contribution in [0.2, 0.25) is 0 Å². The molecule has 1 aromatic heterocycles. The highest BCUT2D eigenvalue weighted by atomic mass is 32.2. The summed E-state index contributed by atoms with van der Waals surface area (Å²) in [7, 11) is 0. The number of amides is 1. The number of carbonyl (C=O) groups is 1. The summed E-state index contributed by atoms with van der Waals surface area (Å²) in [4.78, 5) is 13.1. The van der Waals surface area contributed by atoms with E-state index in [4.69, 9.17) is 4.74 Å². The van der Waals surface area contributed by atoms with Crippen molar-refractivity contribution in [3.05, 3.63) is 35.5 Å². The van der Waals surface area contributed by atoms with Crippen LogP contribution in [0.4, 0.5) is 5.82 Å². The predicted octanol–water partition coefficient (Wildman–Crippen LogP) is 3.97. The summed E-state index contributed by atoms with van der Waals surface area (Å²) in [6.45, 7) is 8.11. The Morgan fingerprint density at radius 2 is 2.09 bits per heavy atom. The number of aromatic amines is 1. The Morgan fingerprint density at radius 3 is 2.70 bits per heavy atom. The lowest BCUT2D eigenvalue weighted by molar-refractivity contribution is -0.122. The maximum absolute atomic E-state index is 12.2. The van der Waals surface area contributed by atoms with E-state index in [1.54, 1.807) is 13.1 Å². The molecule has 1 heterocycles. The van der Waals surface area contributed by atoms with Gasteiger partial charge in [0.2, 0.25) is 0 Å². The van der Waals surface area contributed by atoms with Gasteiger partial charge in [-0.15, -0.1) is 11.8 Å². The van der Waals surface area contributed by atoms with E-state index < -0.39 is 6.10 Å². The molecular formula is C17H23N3O2S. The summed E-state index contributed by atoms with van der Waals surface area (Å²) < 4.78 is 5.76. The van der Waals surface area contributed by atoms with Crippen LogP contribution in [0.25, 0.3) is 0 Å². The molecule has 0 radical (unpaired) electrons. The van der Waals surface area contributed by atoms with E-state index in [1.165, 1.54) is 22.9 Å². The van der Waals surface area contributed by atoms with E-state index in [0.717, 1.165) is 4.90 Å². The highest BCUT2D eigenvalue weighted by Crippen LogP contribution is 2.25. The van der Waals surface area contributed by atoms with Gasteiger partial charge in [0.05, 0.1) is 11.1 Å². The Bertz CT molecular complexity index is 682. The fourth-order valence-corrected chi connectivity index (χ4v) is 2.83. The van der Waals surface area contributed by atoms with Gasteiger partial charge >= 0.3 is 0 Å². The summed E-state index contributed by atoms with van der Waals surface area (Å²) >= 11 is 1.52. The fourth-order valence-electron chi connectivity index (χ4n) is 2.37. The standard InChI is InChI=1S/C17H23N3O2S/c1-10(2)14-7-6-13(8-11(14)3)22-12(4)17(21)19-16-15(23-5)9-18-20-16/h6-10,12H,1-5H3,(H2,18,19,20,21). The van der Waals surface area contributed by atoms with E-state index in [2.05, 4.69) is 42.4 Å². The topological polar surface area (TPSA) is 67.0 Å². The molecule has 0 bridgehead atoms. The van der Waals surface area contributed by atoms with Gasteiger partial charge in [-0.2, -0.15) is 5.10 Å². The van der Waals surface area contributed by atoms with Crippen LogP contribution in [-0.4, -0.2) is 28.5 Å². The number of hydrogen-bond donors (Lipinski definition) is 2.